The van der Waals surface area contributed by atoms with Gasteiger partial charge < -0.3 is 14.6 Å². The number of rotatable bonds is 3. The van der Waals surface area contributed by atoms with Crippen LogP contribution in [0.5, 0.6) is 0 Å². The molecular weight excluding hydrogens is 260 g/mol. The van der Waals surface area contributed by atoms with Crippen LogP contribution in [0.1, 0.15) is 30.7 Å². The van der Waals surface area contributed by atoms with Crippen LogP contribution in [0.4, 0.5) is 0 Å². The highest BCUT2D eigenvalue weighted by Gasteiger charge is 2.27. The zero-order valence-electron chi connectivity index (χ0n) is 12.6. The van der Waals surface area contributed by atoms with E-state index in [0.717, 1.165) is 19.1 Å². The SMILES string of the molecule is c1ccc2c([C@H]3CCN(CC4CCOCC4)C3)c[nH]c2c1. The molecule has 1 N–H and O–H groups in total. The molecule has 0 spiro atoms. The second-order valence-electron chi connectivity index (χ2n) is 6.59. The van der Waals surface area contributed by atoms with Crippen LogP contribution in [0.25, 0.3) is 10.9 Å². The molecule has 4 rings (SSSR count). The van der Waals surface area contributed by atoms with Crippen LogP contribution in [-0.2, 0) is 4.74 Å². The van der Waals surface area contributed by atoms with Gasteiger partial charge in [-0.15, -0.1) is 0 Å². The molecule has 0 aliphatic carbocycles. The third kappa shape index (κ3) is 2.72. The molecular formula is C18H24N2O. The topological polar surface area (TPSA) is 28.3 Å². The number of nitrogens with one attached hydrogen (secondary N) is 1. The average molecular weight is 284 g/mol. The van der Waals surface area contributed by atoms with Crippen LogP contribution < -0.4 is 0 Å². The van der Waals surface area contributed by atoms with Gasteiger partial charge in [-0.1, -0.05) is 18.2 Å². The predicted octanol–water partition coefficient (Wildman–Crippen LogP) is 3.38. The van der Waals surface area contributed by atoms with Gasteiger partial charge in [-0.3, -0.25) is 0 Å². The summed E-state index contributed by atoms with van der Waals surface area (Å²) < 4.78 is 5.47. The highest BCUT2D eigenvalue weighted by molar-refractivity contribution is 5.83. The Balaban J connectivity index is 1.43. The summed E-state index contributed by atoms with van der Waals surface area (Å²) in [6.07, 6.45) is 6.01. The molecule has 112 valence electrons. The molecule has 2 aromatic rings. The zero-order valence-corrected chi connectivity index (χ0v) is 12.6. The largest absolute Gasteiger partial charge is 0.381 e. The smallest absolute Gasteiger partial charge is 0.0469 e. The number of para-hydroxylation sites is 1. The molecule has 0 saturated carbocycles. The summed E-state index contributed by atoms with van der Waals surface area (Å²) in [6, 6.07) is 8.68. The fourth-order valence-electron chi connectivity index (χ4n) is 3.98. The summed E-state index contributed by atoms with van der Waals surface area (Å²) in [5.41, 5.74) is 2.79. The molecule has 21 heavy (non-hydrogen) atoms. The van der Waals surface area contributed by atoms with Crippen molar-refractivity contribution in [1.29, 1.82) is 0 Å². The third-order valence-corrected chi connectivity index (χ3v) is 5.19. The maximum atomic E-state index is 5.47. The maximum Gasteiger partial charge on any atom is 0.0469 e. The first kappa shape index (κ1) is 13.4. The standard InChI is InChI=1S/C18H24N2O/c1-2-4-18-16(3-1)17(11-19-18)15-5-8-20(13-15)12-14-6-9-21-10-7-14/h1-4,11,14-15,19H,5-10,12-13H2/t15-/m0/s1. The number of aromatic amines is 1. The van der Waals surface area contributed by atoms with E-state index in [9.17, 15) is 0 Å². The molecule has 2 aliphatic rings. The van der Waals surface area contributed by atoms with Crippen LogP contribution >= 0.6 is 0 Å². The zero-order chi connectivity index (χ0) is 14.1. The van der Waals surface area contributed by atoms with Gasteiger partial charge in [0.2, 0.25) is 0 Å². The van der Waals surface area contributed by atoms with Crippen LogP contribution in [0, 0.1) is 5.92 Å². The van der Waals surface area contributed by atoms with E-state index in [4.69, 9.17) is 4.74 Å². The molecule has 1 aromatic carbocycles. The minimum Gasteiger partial charge on any atom is -0.381 e. The number of nitrogens with zero attached hydrogens (tertiary/aromatic N) is 1. The molecule has 2 saturated heterocycles. The van der Waals surface area contributed by atoms with Gasteiger partial charge in [0.05, 0.1) is 0 Å². The lowest BCUT2D eigenvalue weighted by Crippen LogP contribution is -2.30. The number of hydrogen-bond acceptors (Lipinski definition) is 2. The molecule has 2 aliphatic heterocycles. The number of H-pyrrole nitrogens is 1. The Morgan fingerprint density at radius 2 is 2.00 bits per heavy atom. The number of hydrogen-bond donors (Lipinski definition) is 1. The summed E-state index contributed by atoms with van der Waals surface area (Å²) >= 11 is 0. The van der Waals surface area contributed by atoms with E-state index < -0.39 is 0 Å². The molecule has 1 atom stereocenters. The lowest BCUT2D eigenvalue weighted by molar-refractivity contribution is 0.0554. The van der Waals surface area contributed by atoms with Gasteiger partial charge in [-0.05, 0) is 49.3 Å². The van der Waals surface area contributed by atoms with Crippen molar-refractivity contribution < 1.29 is 4.74 Å². The molecule has 3 nitrogen and oxygen atoms in total. The highest BCUT2D eigenvalue weighted by atomic mass is 16.5. The predicted molar refractivity (Wildman–Crippen MR) is 85.6 cm³/mol. The molecule has 3 heterocycles. The van der Waals surface area contributed by atoms with Gasteiger partial charge in [0, 0.05) is 43.4 Å². The molecule has 0 unspecified atom stereocenters. The van der Waals surface area contributed by atoms with E-state index in [1.807, 2.05) is 0 Å². The third-order valence-electron chi connectivity index (χ3n) is 5.19. The van der Waals surface area contributed by atoms with Crippen LogP contribution in [0.3, 0.4) is 0 Å². The minimum atomic E-state index is 0.695. The van der Waals surface area contributed by atoms with E-state index in [1.54, 1.807) is 0 Å². The van der Waals surface area contributed by atoms with Gasteiger partial charge >= 0.3 is 0 Å². The summed E-state index contributed by atoms with van der Waals surface area (Å²) in [7, 11) is 0. The fraction of sp³-hybridized carbons (Fsp3) is 0.556. The summed E-state index contributed by atoms with van der Waals surface area (Å²) in [5, 5.41) is 1.41. The van der Waals surface area contributed by atoms with Gasteiger partial charge in [-0.2, -0.15) is 0 Å². The number of benzene rings is 1. The van der Waals surface area contributed by atoms with E-state index in [2.05, 4.69) is 40.3 Å². The van der Waals surface area contributed by atoms with Crippen molar-refractivity contribution in [3.63, 3.8) is 0 Å². The minimum absolute atomic E-state index is 0.695. The highest BCUT2D eigenvalue weighted by Crippen LogP contribution is 2.33. The number of ether oxygens (including phenoxy) is 1. The Morgan fingerprint density at radius 1 is 1.14 bits per heavy atom. The Labute approximate surface area is 126 Å². The fourth-order valence-corrected chi connectivity index (χ4v) is 3.98. The quantitative estimate of drug-likeness (QED) is 0.936. The second kappa shape index (κ2) is 5.82. The lowest BCUT2D eigenvalue weighted by atomic mass is 9.97. The van der Waals surface area contributed by atoms with Crippen molar-refractivity contribution >= 4 is 10.9 Å². The lowest BCUT2D eigenvalue weighted by Gasteiger charge is -2.26. The van der Waals surface area contributed by atoms with E-state index in [-0.39, 0.29) is 0 Å². The second-order valence-corrected chi connectivity index (χ2v) is 6.59. The van der Waals surface area contributed by atoms with Crippen molar-refractivity contribution in [3.8, 4) is 0 Å². The number of likely N-dealkylation sites (tertiary alicyclic amines) is 1. The van der Waals surface area contributed by atoms with Crippen LogP contribution in [0.15, 0.2) is 30.5 Å². The molecule has 0 radical (unpaired) electrons. The van der Waals surface area contributed by atoms with Gasteiger partial charge in [0.25, 0.3) is 0 Å². The van der Waals surface area contributed by atoms with Gasteiger partial charge in [0.1, 0.15) is 0 Å². The first-order valence-corrected chi connectivity index (χ1v) is 8.26. The molecule has 0 amide bonds. The van der Waals surface area contributed by atoms with E-state index in [0.29, 0.717) is 5.92 Å². The first-order valence-electron chi connectivity index (χ1n) is 8.26. The van der Waals surface area contributed by atoms with Gasteiger partial charge in [-0.25, -0.2) is 0 Å². The summed E-state index contributed by atoms with van der Waals surface area (Å²) in [5.74, 6) is 1.54. The molecule has 1 aromatic heterocycles. The monoisotopic (exact) mass is 284 g/mol. The maximum absolute atomic E-state index is 5.47. The first-order chi connectivity index (χ1) is 10.4. The number of aromatic nitrogens is 1. The van der Waals surface area contributed by atoms with Crippen molar-refractivity contribution in [3.05, 3.63) is 36.0 Å². The molecule has 3 heteroatoms. The normalized spacial score (nSPS) is 24.9. The Morgan fingerprint density at radius 3 is 2.90 bits per heavy atom. The Kier molecular flexibility index (Phi) is 3.70. The van der Waals surface area contributed by atoms with Crippen LogP contribution in [0.2, 0.25) is 0 Å². The summed E-state index contributed by atoms with van der Waals surface area (Å²) in [4.78, 5) is 6.10. The summed E-state index contributed by atoms with van der Waals surface area (Å²) in [6.45, 7) is 5.66. The van der Waals surface area contributed by atoms with Gasteiger partial charge in [0.15, 0.2) is 0 Å². The van der Waals surface area contributed by atoms with Crippen molar-refractivity contribution in [2.45, 2.75) is 25.2 Å². The Bertz CT molecular complexity index is 600. The van der Waals surface area contributed by atoms with E-state index in [1.165, 1.54) is 55.4 Å². The van der Waals surface area contributed by atoms with E-state index >= 15 is 0 Å². The molecule has 2 fully saturated rings. The van der Waals surface area contributed by atoms with Crippen molar-refractivity contribution in [1.82, 2.24) is 9.88 Å². The van der Waals surface area contributed by atoms with Crippen LogP contribution in [-0.4, -0.2) is 42.7 Å². The van der Waals surface area contributed by atoms with Crippen molar-refractivity contribution in [2.75, 3.05) is 32.8 Å². The number of fused-ring (bicyclic) bond motifs is 1. The average Bonchev–Trinajstić information content (AvgIpc) is 3.14. The Hall–Kier alpha value is -1.32. The van der Waals surface area contributed by atoms with Crippen molar-refractivity contribution in [2.24, 2.45) is 5.92 Å². The molecule has 0 bridgehead atoms.